The Kier molecular flexibility index (Phi) is 4.44. The molecule has 0 bridgehead atoms. The molecule has 0 saturated heterocycles. The maximum Gasteiger partial charge on any atom is 0.416 e. The molecule has 2 aromatic rings. The number of benzene rings is 2. The van der Waals surface area contributed by atoms with E-state index < -0.39 is 17.3 Å². The lowest BCUT2D eigenvalue weighted by atomic mass is 9.89. The first-order valence-electron chi connectivity index (χ1n) is 6.33. The van der Waals surface area contributed by atoms with Gasteiger partial charge in [-0.2, -0.15) is 13.2 Å². The number of rotatable bonds is 3. The molecule has 2 aromatic carbocycles. The third-order valence-electron chi connectivity index (χ3n) is 3.30. The summed E-state index contributed by atoms with van der Waals surface area (Å²) in [5, 5.41) is 10.5. The van der Waals surface area contributed by atoms with Crippen LogP contribution < -0.4 is 0 Å². The highest BCUT2D eigenvalue weighted by molar-refractivity contribution is 9.10. The van der Waals surface area contributed by atoms with E-state index in [1.54, 1.807) is 19.1 Å². The monoisotopic (exact) mass is 358 g/mol. The van der Waals surface area contributed by atoms with Crippen molar-refractivity contribution >= 4 is 15.9 Å². The second kappa shape index (κ2) is 5.81. The van der Waals surface area contributed by atoms with E-state index in [0.29, 0.717) is 11.1 Å². The summed E-state index contributed by atoms with van der Waals surface area (Å²) in [7, 11) is 0. The van der Waals surface area contributed by atoms with Crippen molar-refractivity contribution in [1.82, 2.24) is 0 Å². The SMILES string of the molecule is CC(O)(Cc1ccc(C(F)(F)F)cc1)c1ccc(Br)cc1. The summed E-state index contributed by atoms with van der Waals surface area (Å²) in [6, 6.07) is 12.1. The van der Waals surface area contributed by atoms with Crippen LogP contribution in [0.2, 0.25) is 0 Å². The molecule has 0 aliphatic rings. The van der Waals surface area contributed by atoms with E-state index in [0.717, 1.165) is 16.6 Å². The molecule has 2 rings (SSSR count). The first kappa shape index (κ1) is 16.0. The maximum absolute atomic E-state index is 12.5. The van der Waals surface area contributed by atoms with Crippen LogP contribution in [0.25, 0.3) is 0 Å². The van der Waals surface area contributed by atoms with Crippen LogP contribution in [0, 0.1) is 0 Å². The average Bonchev–Trinajstić information content (AvgIpc) is 2.38. The molecule has 1 nitrogen and oxygen atoms in total. The Morgan fingerprint density at radius 3 is 1.86 bits per heavy atom. The smallest absolute Gasteiger partial charge is 0.385 e. The summed E-state index contributed by atoms with van der Waals surface area (Å²) in [6.45, 7) is 1.65. The molecule has 1 unspecified atom stereocenters. The van der Waals surface area contributed by atoms with E-state index in [2.05, 4.69) is 15.9 Å². The molecule has 1 N–H and O–H groups in total. The van der Waals surface area contributed by atoms with E-state index in [-0.39, 0.29) is 6.42 Å². The fraction of sp³-hybridized carbons (Fsp3) is 0.250. The van der Waals surface area contributed by atoms with Crippen LogP contribution in [0.1, 0.15) is 23.6 Å². The molecule has 0 amide bonds. The molecule has 0 aromatic heterocycles. The Hall–Kier alpha value is -1.33. The van der Waals surface area contributed by atoms with Gasteiger partial charge in [0.1, 0.15) is 0 Å². The number of halogens is 4. The minimum atomic E-state index is -4.34. The van der Waals surface area contributed by atoms with Crippen molar-refractivity contribution in [2.45, 2.75) is 25.1 Å². The minimum Gasteiger partial charge on any atom is -0.385 e. The van der Waals surface area contributed by atoms with Gasteiger partial charge >= 0.3 is 6.18 Å². The van der Waals surface area contributed by atoms with Crippen LogP contribution in [0.4, 0.5) is 13.2 Å². The van der Waals surface area contributed by atoms with Gasteiger partial charge in [-0.15, -0.1) is 0 Å². The molecule has 0 spiro atoms. The average molecular weight is 359 g/mol. The van der Waals surface area contributed by atoms with Crippen LogP contribution in [-0.2, 0) is 18.2 Å². The first-order chi connectivity index (χ1) is 9.68. The van der Waals surface area contributed by atoms with E-state index in [1.165, 1.54) is 12.1 Å². The molecule has 0 aliphatic heterocycles. The highest BCUT2D eigenvalue weighted by Gasteiger charge is 2.30. The summed E-state index contributed by atoms with van der Waals surface area (Å²) in [5.41, 5.74) is -0.462. The molecule has 0 fully saturated rings. The van der Waals surface area contributed by atoms with Gasteiger partial charge in [0.15, 0.2) is 0 Å². The highest BCUT2D eigenvalue weighted by Crippen LogP contribution is 2.31. The molecule has 112 valence electrons. The van der Waals surface area contributed by atoms with E-state index in [9.17, 15) is 18.3 Å². The number of aliphatic hydroxyl groups is 1. The molecular formula is C16H14BrF3O. The third-order valence-corrected chi connectivity index (χ3v) is 3.82. The van der Waals surface area contributed by atoms with Gasteiger partial charge in [-0.1, -0.05) is 40.2 Å². The van der Waals surface area contributed by atoms with Gasteiger partial charge in [0.2, 0.25) is 0 Å². The largest absolute Gasteiger partial charge is 0.416 e. The summed E-state index contributed by atoms with van der Waals surface area (Å²) in [5.74, 6) is 0. The topological polar surface area (TPSA) is 20.2 Å². The molecule has 0 aliphatic carbocycles. The summed E-state index contributed by atoms with van der Waals surface area (Å²) in [6.07, 6.45) is -4.10. The Morgan fingerprint density at radius 1 is 0.905 bits per heavy atom. The molecule has 0 saturated carbocycles. The summed E-state index contributed by atoms with van der Waals surface area (Å²) < 4.78 is 38.4. The normalized spacial score (nSPS) is 14.8. The molecule has 21 heavy (non-hydrogen) atoms. The number of alkyl halides is 3. The zero-order valence-corrected chi connectivity index (χ0v) is 12.9. The lowest BCUT2D eigenvalue weighted by Gasteiger charge is -2.24. The van der Waals surface area contributed by atoms with Crippen LogP contribution in [0.5, 0.6) is 0 Å². The second-order valence-corrected chi connectivity index (χ2v) is 6.07. The van der Waals surface area contributed by atoms with Gasteiger partial charge in [-0.05, 0) is 42.3 Å². The Morgan fingerprint density at radius 2 is 1.38 bits per heavy atom. The van der Waals surface area contributed by atoms with Gasteiger partial charge in [0.05, 0.1) is 11.2 Å². The predicted octanol–water partition coefficient (Wildman–Crippen LogP) is 4.92. The zero-order valence-electron chi connectivity index (χ0n) is 11.3. The van der Waals surface area contributed by atoms with Crippen molar-refractivity contribution in [2.75, 3.05) is 0 Å². The van der Waals surface area contributed by atoms with Gasteiger partial charge in [0.25, 0.3) is 0 Å². The molecule has 5 heteroatoms. The van der Waals surface area contributed by atoms with Gasteiger partial charge in [0, 0.05) is 10.9 Å². The Labute approximate surface area is 129 Å². The van der Waals surface area contributed by atoms with Crippen molar-refractivity contribution in [2.24, 2.45) is 0 Å². The fourth-order valence-electron chi connectivity index (χ4n) is 2.12. The van der Waals surface area contributed by atoms with Crippen molar-refractivity contribution in [1.29, 1.82) is 0 Å². The van der Waals surface area contributed by atoms with E-state index >= 15 is 0 Å². The van der Waals surface area contributed by atoms with Gasteiger partial charge in [-0.3, -0.25) is 0 Å². The molecule has 0 heterocycles. The van der Waals surface area contributed by atoms with Crippen LogP contribution in [-0.4, -0.2) is 5.11 Å². The number of hydrogen-bond acceptors (Lipinski definition) is 1. The van der Waals surface area contributed by atoms with Crippen LogP contribution in [0.15, 0.2) is 53.0 Å². The van der Waals surface area contributed by atoms with Crippen molar-refractivity contribution < 1.29 is 18.3 Å². The second-order valence-electron chi connectivity index (χ2n) is 5.15. The zero-order chi connectivity index (χ0) is 15.7. The highest BCUT2D eigenvalue weighted by atomic mass is 79.9. The standard InChI is InChI=1S/C16H14BrF3O/c1-15(21,12-6-8-14(17)9-7-12)10-11-2-4-13(5-3-11)16(18,19)20/h2-9,21H,10H2,1H3. The minimum absolute atomic E-state index is 0.243. The van der Waals surface area contributed by atoms with Gasteiger partial charge in [-0.25, -0.2) is 0 Å². The Balaban J connectivity index is 2.18. The Bertz CT molecular complexity index is 601. The molecule has 1 atom stereocenters. The van der Waals surface area contributed by atoms with Crippen molar-refractivity contribution in [3.63, 3.8) is 0 Å². The van der Waals surface area contributed by atoms with E-state index in [4.69, 9.17) is 0 Å². The fourth-order valence-corrected chi connectivity index (χ4v) is 2.38. The lowest BCUT2D eigenvalue weighted by Crippen LogP contribution is -2.24. The maximum atomic E-state index is 12.5. The summed E-state index contributed by atoms with van der Waals surface area (Å²) in [4.78, 5) is 0. The third kappa shape index (κ3) is 4.08. The first-order valence-corrected chi connectivity index (χ1v) is 7.12. The van der Waals surface area contributed by atoms with Crippen molar-refractivity contribution in [3.8, 4) is 0 Å². The van der Waals surface area contributed by atoms with Gasteiger partial charge < -0.3 is 5.11 Å². The quantitative estimate of drug-likeness (QED) is 0.825. The van der Waals surface area contributed by atoms with Crippen LogP contribution >= 0.6 is 15.9 Å². The van der Waals surface area contributed by atoms with Crippen LogP contribution in [0.3, 0.4) is 0 Å². The van der Waals surface area contributed by atoms with E-state index in [1.807, 2.05) is 12.1 Å². The molecular weight excluding hydrogens is 345 g/mol. The summed E-state index contributed by atoms with van der Waals surface area (Å²) >= 11 is 3.32. The number of hydrogen-bond donors (Lipinski definition) is 1. The van der Waals surface area contributed by atoms with Crippen molar-refractivity contribution in [3.05, 3.63) is 69.7 Å². The molecule has 0 radical (unpaired) electrons. The lowest BCUT2D eigenvalue weighted by molar-refractivity contribution is -0.137. The predicted molar refractivity (Wildman–Crippen MR) is 78.9 cm³/mol.